The third-order valence-corrected chi connectivity index (χ3v) is 2.81. The topological polar surface area (TPSA) is 54.5 Å². The van der Waals surface area contributed by atoms with Gasteiger partial charge in [0.25, 0.3) is 0 Å². The number of aryl methyl sites for hydroxylation is 2. The van der Waals surface area contributed by atoms with Crippen molar-refractivity contribution < 1.29 is 0 Å². The molecule has 4 heteroatoms. The van der Waals surface area contributed by atoms with Gasteiger partial charge in [-0.15, -0.1) is 0 Å². The Morgan fingerprint density at radius 1 is 1.18 bits per heavy atom. The number of hydrogen-bond donors (Lipinski definition) is 1. The highest BCUT2D eigenvalue weighted by Crippen LogP contribution is 2.23. The molecule has 1 aromatic carbocycles. The average molecular weight is 224 g/mol. The first-order valence-electron chi connectivity index (χ1n) is 5.47. The first-order valence-corrected chi connectivity index (χ1v) is 5.47. The van der Waals surface area contributed by atoms with Gasteiger partial charge in [0, 0.05) is 5.56 Å². The molecule has 0 amide bonds. The molecule has 0 aliphatic carbocycles. The number of nitrogens with one attached hydrogen (secondary N) is 1. The predicted molar refractivity (Wildman–Crippen MR) is 66.6 cm³/mol. The van der Waals surface area contributed by atoms with E-state index in [0.29, 0.717) is 5.65 Å². The second-order valence-electron chi connectivity index (χ2n) is 4.16. The highest BCUT2D eigenvalue weighted by Gasteiger charge is 2.08. The zero-order valence-electron chi connectivity index (χ0n) is 9.73. The van der Waals surface area contributed by atoms with E-state index in [-0.39, 0.29) is 0 Å². The number of H-pyrrole nitrogens is 1. The second kappa shape index (κ2) is 3.66. The molecule has 0 radical (unpaired) electrons. The van der Waals surface area contributed by atoms with Crippen molar-refractivity contribution in [2.45, 2.75) is 13.8 Å². The van der Waals surface area contributed by atoms with Crippen LogP contribution in [0.25, 0.3) is 22.6 Å². The van der Waals surface area contributed by atoms with Crippen LogP contribution in [0.15, 0.2) is 30.7 Å². The lowest BCUT2D eigenvalue weighted by Gasteiger charge is -2.03. The molecule has 0 bridgehead atoms. The maximum atomic E-state index is 4.48. The molecule has 0 saturated heterocycles. The Labute approximate surface area is 98.8 Å². The van der Waals surface area contributed by atoms with Gasteiger partial charge >= 0.3 is 0 Å². The number of hydrogen-bond acceptors (Lipinski definition) is 3. The molecule has 2 aromatic heterocycles. The fraction of sp³-hybridized carbons (Fsp3) is 0.154. The number of benzene rings is 1. The lowest BCUT2D eigenvalue weighted by Crippen LogP contribution is -1.86. The quantitative estimate of drug-likeness (QED) is 0.691. The predicted octanol–water partition coefficient (Wildman–Crippen LogP) is 2.64. The molecule has 4 nitrogen and oxygen atoms in total. The zero-order valence-corrected chi connectivity index (χ0v) is 9.73. The number of aromatic amines is 1. The fourth-order valence-corrected chi connectivity index (χ4v) is 1.88. The summed E-state index contributed by atoms with van der Waals surface area (Å²) in [5, 5.41) is 0. The number of aromatic nitrogens is 4. The van der Waals surface area contributed by atoms with Crippen molar-refractivity contribution >= 4 is 11.2 Å². The number of rotatable bonds is 1. The van der Waals surface area contributed by atoms with Crippen LogP contribution < -0.4 is 0 Å². The summed E-state index contributed by atoms with van der Waals surface area (Å²) in [7, 11) is 0. The van der Waals surface area contributed by atoms with Crippen molar-refractivity contribution in [1.29, 1.82) is 0 Å². The van der Waals surface area contributed by atoms with E-state index < -0.39 is 0 Å². The van der Waals surface area contributed by atoms with Crippen LogP contribution in [-0.2, 0) is 0 Å². The third kappa shape index (κ3) is 1.67. The summed E-state index contributed by atoms with van der Waals surface area (Å²) in [6, 6.07) is 6.32. The van der Waals surface area contributed by atoms with Crippen LogP contribution in [0.2, 0.25) is 0 Å². The van der Waals surface area contributed by atoms with E-state index in [1.807, 2.05) is 0 Å². The number of imidazole rings is 1. The summed E-state index contributed by atoms with van der Waals surface area (Å²) in [4.78, 5) is 15.8. The summed E-state index contributed by atoms with van der Waals surface area (Å²) in [5.74, 6) is 0.849. The minimum atomic E-state index is 0.705. The van der Waals surface area contributed by atoms with Crippen LogP contribution in [0.1, 0.15) is 11.1 Å². The summed E-state index contributed by atoms with van der Waals surface area (Å²) < 4.78 is 0. The lowest BCUT2D eigenvalue weighted by molar-refractivity contribution is 1.20. The van der Waals surface area contributed by atoms with Gasteiger partial charge in [-0.25, -0.2) is 15.0 Å². The monoisotopic (exact) mass is 224 g/mol. The molecule has 0 unspecified atom stereocenters. The van der Waals surface area contributed by atoms with Gasteiger partial charge < -0.3 is 4.98 Å². The van der Waals surface area contributed by atoms with Crippen molar-refractivity contribution in [2.24, 2.45) is 0 Å². The Hall–Kier alpha value is -2.23. The van der Waals surface area contributed by atoms with Gasteiger partial charge in [0.2, 0.25) is 0 Å². The molecule has 0 spiro atoms. The smallest absolute Gasteiger partial charge is 0.181 e. The minimum Gasteiger partial charge on any atom is -0.335 e. The van der Waals surface area contributed by atoms with Crippen LogP contribution in [-0.4, -0.2) is 19.9 Å². The van der Waals surface area contributed by atoms with Gasteiger partial charge in [-0.3, -0.25) is 0 Å². The Bertz CT molecular complexity index is 652. The van der Waals surface area contributed by atoms with Gasteiger partial charge in [-0.1, -0.05) is 17.7 Å². The van der Waals surface area contributed by atoms with Crippen molar-refractivity contribution in [2.75, 3.05) is 0 Å². The van der Waals surface area contributed by atoms with Crippen LogP contribution in [0.5, 0.6) is 0 Å². The van der Waals surface area contributed by atoms with Crippen molar-refractivity contribution in [1.82, 2.24) is 19.9 Å². The van der Waals surface area contributed by atoms with E-state index in [9.17, 15) is 0 Å². The van der Waals surface area contributed by atoms with Gasteiger partial charge in [-0.2, -0.15) is 0 Å². The summed E-state index contributed by atoms with van der Waals surface area (Å²) >= 11 is 0. The molecule has 3 rings (SSSR count). The van der Waals surface area contributed by atoms with E-state index >= 15 is 0 Å². The summed E-state index contributed by atoms with van der Waals surface area (Å²) in [6.07, 6.45) is 3.25. The summed E-state index contributed by atoms with van der Waals surface area (Å²) in [5.41, 5.74) is 5.10. The van der Waals surface area contributed by atoms with Crippen molar-refractivity contribution in [3.8, 4) is 11.4 Å². The van der Waals surface area contributed by atoms with Gasteiger partial charge in [0.05, 0.1) is 6.20 Å². The first kappa shape index (κ1) is 9.96. The molecule has 3 aromatic rings. The first-order chi connectivity index (χ1) is 8.24. The van der Waals surface area contributed by atoms with Crippen molar-refractivity contribution in [3.05, 3.63) is 41.9 Å². The number of fused-ring (bicyclic) bond motifs is 1. The van der Waals surface area contributed by atoms with Crippen LogP contribution in [0, 0.1) is 13.8 Å². The van der Waals surface area contributed by atoms with Gasteiger partial charge in [0.15, 0.2) is 5.65 Å². The largest absolute Gasteiger partial charge is 0.335 e. The van der Waals surface area contributed by atoms with Crippen molar-refractivity contribution in [3.63, 3.8) is 0 Å². The Balaban J connectivity index is 2.23. The highest BCUT2D eigenvalue weighted by molar-refractivity contribution is 5.75. The maximum absolute atomic E-state index is 4.48. The van der Waals surface area contributed by atoms with E-state index in [0.717, 1.165) is 16.9 Å². The fourth-order valence-electron chi connectivity index (χ4n) is 1.88. The molecular weight excluding hydrogens is 212 g/mol. The molecule has 17 heavy (non-hydrogen) atoms. The van der Waals surface area contributed by atoms with E-state index in [1.165, 1.54) is 17.5 Å². The highest BCUT2D eigenvalue weighted by atomic mass is 15.0. The molecule has 0 aliphatic rings. The Morgan fingerprint density at radius 3 is 2.88 bits per heavy atom. The Morgan fingerprint density at radius 2 is 2.06 bits per heavy atom. The molecule has 1 N–H and O–H groups in total. The molecule has 0 saturated carbocycles. The Kier molecular flexibility index (Phi) is 2.14. The van der Waals surface area contributed by atoms with Gasteiger partial charge in [-0.05, 0) is 25.5 Å². The molecule has 0 fully saturated rings. The maximum Gasteiger partial charge on any atom is 0.181 e. The molecule has 0 atom stereocenters. The average Bonchev–Trinajstić information content (AvgIpc) is 2.75. The number of nitrogens with zero attached hydrogens (tertiary/aromatic N) is 3. The van der Waals surface area contributed by atoms with Crippen LogP contribution >= 0.6 is 0 Å². The molecule has 0 aliphatic heterocycles. The van der Waals surface area contributed by atoms with Crippen LogP contribution in [0.4, 0.5) is 0 Å². The minimum absolute atomic E-state index is 0.705. The molecular formula is C13H12N4. The standard InChI is InChI=1S/C13H12N4/c1-8-3-4-9(2)10(5-8)12-16-11-6-14-7-15-13(11)17-12/h3-7H,1-2H3,(H,14,15,16,17). The normalized spacial score (nSPS) is 10.9. The van der Waals surface area contributed by atoms with E-state index in [1.54, 1.807) is 6.20 Å². The van der Waals surface area contributed by atoms with E-state index in [2.05, 4.69) is 52.0 Å². The van der Waals surface area contributed by atoms with E-state index in [4.69, 9.17) is 0 Å². The molecule has 2 heterocycles. The second-order valence-corrected chi connectivity index (χ2v) is 4.16. The molecule has 84 valence electrons. The van der Waals surface area contributed by atoms with Crippen LogP contribution in [0.3, 0.4) is 0 Å². The third-order valence-electron chi connectivity index (χ3n) is 2.81. The lowest BCUT2D eigenvalue weighted by atomic mass is 10.1. The zero-order chi connectivity index (χ0) is 11.8. The van der Waals surface area contributed by atoms with Gasteiger partial charge in [0.1, 0.15) is 17.7 Å². The SMILES string of the molecule is Cc1ccc(C)c(-c2nc3ncncc3[nH]2)c1. The summed E-state index contributed by atoms with van der Waals surface area (Å²) in [6.45, 7) is 4.15.